The van der Waals surface area contributed by atoms with Crippen LogP contribution < -0.4 is 5.32 Å². The quantitative estimate of drug-likeness (QED) is 0.866. The van der Waals surface area contributed by atoms with Gasteiger partial charge >= 0.3 is 6.18 Å². The number of nitrogens with zero attached hydrogens (tertiary/aromatic N) is 4. The minimum Gasteiger partial charge on any atom is -0.346 e. The number of benzene rings is 1. The number of nitrogens with one attached hydrogen (secondary N) is 1. The molecule has 0 saturated heterocycles. The van der Waals surface area contributed by atoms with E-state index in [2.05, 4.69) is 15.5 Å². The van der Waals surface area contributed by atoms with Gasteiger partial charge in [-0.25, -0.2) is 0 Å². The minimum atomic E-state index is -4.42. The molecule has 10 heteroatoms. The van der Waals surface area contributed by atoms with Gasteiger partial charge in [0.05, 0.1) is 16.7 Å². The highest BCUT2D eigenvalue weighted by atomic mass is 32.2. The van der Waals surface area contributed by atoms with Gasteiger partial charge in [-0.1, -0.05) is 18.2 Å². The highest BCUT2D eigenvalue weighted by Crippen LogP contribution is 2.19. The maximum atomic E-state index is 12.1. The monoisotopic (exact) mass is 345 g/mol. The van der Waals surface area contributed by atoms with E-state index in [1.165, 1.54) is 11.6 Å². The van der Waals surface area contributed by atoms with Crippen molar-refractivity contribution in [1.29, 1.82) is 0 Å². The number of hydrogen-bond donors (Lipinski definition) is 1. The average molecular weight is 345 g/mol. The fourth-order valence-electron chi connectivity index (χ4n) is 1.67. The lowest BCUT2D eigenvalue weighted by Crippen LogP contribution is -2.38. The van der Waals surface area contributed by atoms with Gasteiger partial charge in [0, 0.05) is 0 Å². The predicted molar refractivity (Wildman–Crippen MR) is 79.0 cm³/mol. The van der Waals surface area contributed by atoms with Crippen LogP contribution in [0.1, 0.15) is 12.7 Å². The van der Waals surface area contributed by atoms with Crippen molar-refractivity contribution < 1.29 is 18.0 Å². The van der Waals surface area contributed by atoms with Crippen LogP contribution >= 0.6 is 11.8 Å². The van der Waals surface area contributed by atoms with Crippen LogP contribution in [0.2, 0.25) is 0 Å². The van der Waals surface area contributed by atoms with E-state index < -0.39 is 23.9 Å². The van der Waals surface area contributed by atoms with Gasteiger partial charge in [0.2, 0.25) is 5.91 Å². The molecule has 124 valence electrons. The lowest BCUT2D eigenvalue weighted by atomic mass is 10.3. The second-order valence-corrected chi connectivity index (χ2v) is 5.96. The standard InChI is InChI=1S/C13H14F3N5OS/c1-9(12(22)17-8-13(14,15)16)23-7-11-18-19-20-21(11)10-5-3-2-4-6-10/h2-6,9H,7-8H2,1H3,(H,17,22)/t9-/m1/s1. The number of tetrazole rings is 1. The van der Waals surface area contributed by atoms with E-state index in [1.807, 2.05) is 35.6 Å². The van der Waals surface area contributed by atoms with Crippen LogP contribution in [0.25, 0.3) is 5.69 Å². The van der Waals surface area contributed by atoms with Gasteiger partial charge in [0.15, 0.2) is 5.82 Å². The van der Waals surface area contributed by atoms with Crippen molar-refractivity contribution in [2.75, 3.05) is 6.54 Å². The molecule has 2 aromatic rings. The first-order valence-corrected chi connectivity index (χ1v) is 7.70. The summed E-state index contributed by atoms with van der Waals surface area (Å²) in [4.78, 5) is 11.6. The molecule has 0 bridgehead atoms. The largest absolute Gasteiger partial charge is 0.405 e. The molecule has 1 amide bonds. The number of amides is 1. The van der Waals surface area contributed by atoms with Crippen LogP contribution in [-0.2, 0) is 10.5 Å². The SMILES string of the molecule is C[C@@H](SCc1nnnn1-c1ccccc1)C(=O)NCC(F)(F)F. The molecule has 0 fully saturated rings. The second-order valence-electron chi connectivity index (χ2n) is 4.63. The molecule has 1 aromatic heterocycles. The van der Waals surface area contributed by atoms with E-state index in [-0.39, 0.29) is 0 Å². The first kappa shape index (κ1) is 17.3. The molecule has 1 N–H and O–H groups in total. The summed E-state index contributed by atoms with van der Waals surface area (Å²) in [5, 5.41) is 12.5. The molecule has 6 nitrogen and oxygen atoms in total. The maximum Gasteiger partial charge on any atom is 0.405 e. The van der Waals surface area contributed by atoms with Crippen molar-refractivity contribution in [2.24, 2.45) is 0 Å². The van der Waals surface area contributed by atoms with Crippen molar-refractivity contribution in [1.82, 2.24) is 25.5 Å². The molecule has 0 unspecified atom stereocenters. The number of alkyl halides is 3. The van der Waals surface area contributed by atoms with Gasteiger partial charge in [-0.05, 0) is 29.5 Å². The van der Waals surface area contributed by atoms with Crippen molar-refractivity contribution in [3.63, 3.8) is 0 Å². The molecular formula is C13H14F3N5OS. The summed E-state index contributed by atoms with van der Waals surface area (Å²) in [6.07, 6.45) is -4.42. The Hall–Kier alpha value is -2.10. The van der Waals surface area contributed by atoms with E-state index >= 15 is 0 Å². The molecule has 1 heterocycles. The Morgan fingerprint density at radius 3 is 2.70 bits per heavy atom. The van der Waals surface area contributed by atoms with E-state index in [1.54, 1.807) is 0 Å². The fraction of sp³-hybridized carbons (Fsp3) is 0.385. The third kappa shape index (κ3) is 5.23. The lowest BCUT2D eigenvalue weighted by Gasteiger charge is -2.13. The number of carbonyl (C=O) groups is 1. The van der Waals surface area contributed by atoms with Crippen LogP contribution in [0.3, 0.4) is 0 Å². The molecule has 0 aliphatic carbocycles. The van der Waals surface area contributed by atoms with Gasteiger partial charge in [-0.2, -0.15) is 17.9 Å². The Kier molecular flexibility index (Phi) is 5.59. The van der Waals surface area contributed by atoms with Crippen LogP contribution in [0.4, 0.5) is 13.2 Å². The van der Waals surface area contributed by atoms with E-state index in [0.29, 0.717) is 11.6 Å². The molecule has 2 rings (SSSR count). The van der Waals surface area contributed by atoms with Gasteiger partial charge < -0.3 is 5.32 Å². The van der Waals surface area contributed by atoms with E-state index in [9.17, 15) is 18.0 Å². The first-order chi connectivity index (χ1) is 10.9. The second kappa shape index (κ2) is 7.44. The summed E-state index contributed by atoms with van der Waals surface area (Å²) in [6, 6.07) is 9.17. The third-order valence-electron chi connectivity index (χ3n) is 2.83. The number of para-hydroxylation sites is 1. The normalized spacial score (nSPS) is 12.9. The Labute approximate surface area is 134 Å². The van der Waals surface area contributed by atoms with Crippen LogP contribution in [0.5, 0.6) is 0 Å². The molecule has 1 atom stereocenters. The topological polar surface area (TPSA) is 72.7 Å². The van der Waals surface area contributed by atoms with Crippen LogP contribution in [-0.4, -0.2) is 44.1 Å². The molecule has 0 radical (unpaired) electrons. The number of thioether (sulfide) groups is 1. The highest BCUT2D eigenvalue weighted by Gasteiger charge is 2.28. The molecular weight excluding hydrogens is 331 g/mol. The molecule has 0 aliphatic heterocycles. The van der Waals surface area contributed by atoms with E-state index in [0.717, 1.165) is 17.4 Å². The van der Waals surface area contributed by atoms with Gasteiger partial charge in [-0.15, -0.1) is 16.9 Å². The highest BCUT2D eigenvalue weighted by molar-refractivity contribution is 7.99. The summed E-state index contributed by atoms with van der Waals surface area (Å²) < 4.78 is 37.8. The number of aromatic nitrogens is 4. The molecule has 1 aromatic carbocycles. The van der Waals surface area contributed by atoms with Crippen molar-refractivity contribution in [2.45, 2.75) is 24.1 Å². The zero-order valence-electron chi connectivity index (χ0n) is 12.1. The Bertz CT molecular complexity index is 647. The summed E-state index contributed by atoms with van der Waals surface area (Å²) in [5.74, 6) is 0.130. The van der Waals surface area contributed by atoms with Gasteiger partial charge in [0.25, 0.3) is 0 Å². The van der Waals surface area contributed by atoms with Crippen molar-refractivity contribution in [3.8, 4) is 5.69 Å². The number of rotatable bonds is 6. The van der Waals surface area contributed by atoms with Crippen molar-refractivity contribution in [3.05, 3.63) is 36.2 Å². The molecule has 0 spiro atoms. The average Bonchev–Trinajstić information content (AvgIpc) is 2.99. The van der Waals surface area contributed by atoms with E-state index in [4.69, 9.17) is 0 Å². The maximum absolute atomic E-state index is 12.1. The Morgan fingerprint density at radius 2 is 2.04 bits per heavy atom. The third-order valence-corrected chi connectivity index (χ3v) is 3.97. The van der Waals surface area contributed by atoms with Gasteiger partial charge in [0.1, 0.15) is 6.54 Å². The molecule has 23 heavy (non-hydrogen) atoms. The summed E-state index contributed by atoms with van der Waals surface area (Å²) in [6.45, 7) is 0.200. The Balaban J connectivity index is 1.92. The predicted octanol–water partition coefficient (Wildman–Crippen LogP) is 1.96. The minimum absolute atomic E-state index is 0.294. The molecule has 0 aliphatic rings. The summed E-state index contributed by atoms with van der Waals surface area (Å²) in [5.41, 5.74) is 0.766. The van der Waals surface area contributed by atoms with Crippen LogP contribution in [0, 0.1) is 0 Å². The zero-order chi connectivity index (χ0) is 16.9. The summed E-state index contributed by atoms with van der Waals surface area (Å²) >= 11 is 1.16. The lowest BCUT2D eigenvalue weighted by molar-refractivity contribution is -0.137. The zero-order valence-corrected chi connectivity index (χ0v) is 12.9. The number of halogens is 3. The Morgan fingerprint density at radius 1 is 1.35 bits per heavy atom. The number of hydrogen-bond acceptors (Lipinski definition) is 5. The van der Waals surface area contributed by atoms with Gasteiger partial charge in [-0.3, -0.25) is 4.79 Å². The van der Waals surface area contributed by atoms with Crippen LogP contribution in [0.15, 0.2) is 30.3 Å². The molecule has 0 saturated carbocycles. The number of carbonyl (C=O) groups excluding carboxylic acids is 1. The first-order valence-electron chi connectivity index (χ1n) is 6.65. The summed E-state index contributed by atoms with van der Waals surface area (Å²) in [7, 11) is 0. The van der Waals surface area contributed by atoms with Crippen molar-refractivity contribution >= 4 is 17.7 Å². The fourth-order valence-corrected chi connectivity index (χ4v) is 2.49. The smallest absolute Gasteiger partial charge is 0.346 e.